The molecule has 0 radical (unpaired) electrons. The van der Waals surface area contributed by atoms with Crippen LogP contribution in [0.4, 0.5) is 0 Å². The molecule has 0 fully saturated rings. The Hall–Kier alpha value is -1.53. The van der Waals surface area contributed by atoms with Gasteiger partial charge < -0.3 is 14.8 Å². The zero-order chi connectivity index (χ0) is 10.1. The first-order valence-electron chi connectivity index (χ1n) is 4.10. The highest BCUT2D eigenvalue weighted by atomic mass is 16.5. The average Bonchev–Trinajstić information content (AvgIpc) is 2.64. The van der Waals surface area contributed by atoms with Crippen molar-refractivity contribution in [3.05, 3.63) is 18.3 Å². The summed E-state index contributed by atoms with van der Waals surface area (Å²) in [5.74, 6) is 0.627. The molecule has 1 aromatic heterocycles. The standard InChI is InChI=1S/C8H9BN2O3/c1-14-7-3-2-6(9(12)13)5-4-10-11-8(5)7/h2-4,12-13H,1H3,(H,10,11). The number of nitrogens with one attached hydrogen (secondary N) is 1. The molecular weight excluding hydrogens is 183 g/mol. The summed E-state index contributed by atoms with van der Waals surface area (Å²) in [4.78, 5) is 0. The molecule has 1 aromatic carbocycles. The molecule has 0 aliphatic rings. The van der Waals surface area contributed by atoms with E-state index in [1.54, 1.807) is 19.2 Å². The first kappa shape index (κ1) is 9.05. The van der Waals surface area contributed by atoms with Crippen LogP contribution in [-0.4, -0.2) is 34.5 Å². The molecule has 0 spiro atoms. The number of nitrogens with zero attached hydrogens (tertiary/aromatic N) is 1. The monoisotopic (exact) mass is 192 g/mol. The van der Waals surface area contributed by atoms with Gasteiger partial charge in [0.2, 0.25) is 0 Å². The van der Waals surface area contributed by atoms with Crippen molar-refractivity contribution in [3.63, 3.8) is 0 Å². The lowest BCUT2D eigenvalue weighted by Gasteiger charge is -2.04. The third-order valence-electron chi connectivity index (χ3n) is 2.11. The summed E-state index contributed by atoms with van der Waals surface area (Å²) in [5.41, 5.74) is 1.08. The minimum absolute atomic E-state index is 0.412. The molecule has 0 saturated carbocycles. The van der Waals surface area contributed by atoms with E-state index in [1.807, 2.05) is 0 Å². The highest BCUT2D eigenvalue weighted by molar-refractivity contribution is 6.62. The summed E-state index contributed by atoms with van der Waals surface area (Å²) in [6.45, 7) is 0. The molecule has 0 aliphatic carbocycles. The Labute approximate surface area is 80.5 Å². The fourth-order valence-electron chi connectivity index (χ4n) is 1.43. The summed E-state index contributed by atoms with van der Waals surface area (Å²) >= 11 is 0. The molecule has 0 saturated heterocycles. The van der Waals surface area contributed by atoms with E-state index >= 15 is 0 Å². The summed E-state index contributed by atoms with van der Waals surface area (Å²) < 4.78 is 5.09. The number of fused-ring (bicyclic) bond motifs is 1. The van der Waals surface area contributed by atoms with Crippen molar-refractivity contribution in [1.82, 2.24) is 10.2 Å². The number of hydrogen-bond acceptors (Lipinski definition) is 4. The Balaban J connectivity index is 2.72. The minimum atomic E-state index is -1.50. The fraction of sp³-hybridized carbons (Fsp3) is 0.125. The van der Waals surface area contributed by atoms with Gasteiger partial charge in [-0.25, -0.2) is 0 Å². The van der Waals surface area contributed by atoms with Gasteiger partial charge in [0.1, 0.15) is 11.3 Å². The Kier molecular flexibility index (Phi) is 2.15. The molecule has 6 heteroatoms. The summed E-state index contributed by atoms with van der Waals surface area (Å²) in [6, 6.07) is 3.26. The molecule has 0 unspecified atom stereocenters. The van der Waals surface area contributed by atoms with Crippen LogP contribution >= 0.6 is 0 Å². The molecule has 14 heavy (non-hydrogen) atoms. The Morgan fingerprint density at radius 3 is 2.86 bits per heavy atom. The zero-order valence-electron chi connectivity index (χ0n) is 7.56. The Morgan fingerprint density at radius 2 is 2.21 bits per heavy atom. The lowest BCUT2D eigenvalue weighted by Crippen LogP contribution is -2.30. The number of rotatable bonds is 2. The van der Waals surface area contributed by atoms with Crippen molar-refractivity contribution in [2.45, 2.75) is 0 Å². The predicted octanol–water partition coefficient (Wildman–Crippen LogP) is -0.749. The quantitative estimate of drug-likeness (QED) is 0.547. The van der Waals surface area contributed by atoms with E-state index in [9.17, 15) is 0 Å². The van der Waals surface area contributed by atoms with Crippen LogP contribution in [0.25, 0.3) is 10.9 Å². The number of H-pyrrole nitrogens is 1. The highest BCUT2D eigenvalue weighted by Crippen LogP contribution is 2.20. The second-order valence-electron chi connectivity index (χ2n) is 2.89. The largest absolute Gasteiger partial charge is 0.494 e. The predicted molar refractivity (Wildman–Crippen MR) is 52.5 cm³/mol. The number of aromatic amines is 1. The molecule has 5 nitrogen and oxygen atoms in total. The first-order chi connectivity index (χ1) is 6.74. The molecule has 2 aromatic rings. The van der Waals surface area contributed by atoms with Crippen molar-refractivity contribution >= 4 is 23.5 Å². The minimum Gasteiger partial charge on any atom is -0.494 e. The number of ether oxygens (including phenoxy) is 1. The van der Waals surface area contributed by atoms with E-state index in [1.165, 1.54) is 6.20 Å². The number of hydrogen-bond donors (Lipinski definition) is 3. The van der Waals surface area contributed by atoms with Gasteiger partial charge in [-0.3, -0.25) is 5.10 Å². The van der Waals surface area contributed by atoms with Crippen LogP contribution in [0.3, 0.4) is 0 Å². The van der Waals surface area contributed by atoms with Gasteiger partial charge in [-0.15, -0.1) is 0 Å². The van der Waals surface area contributed by atoms with Gasteiger partial charge in [0, 0.05) is 5.39 Å². The van der Waals surface area contributed by atoms with Crippen molar-refractivity contribution in [3.8, 4) is 5.75 Å². The summed E-state index contributed by atoms with van der Waals surface area (Å²) in [7, 11) is 0.0472. The van der Waals surface area contributed by atoms with Gasteiger partial charge in [0.25, 0.3) is 0 Å². The van der Waals surface area contributed by atoms with Crippen LogP contribution in [0.15, 0.2) is 18.3 Å². The number of aromatic nitrogens is 2. The van der Waals surface area contributed by atoms with E-state index in [4.69, 9.17) is 14.8 Å². The van der Waals surface area contributed by atoms with Gasteiger partial charge in [0.05, 0.1) is 13.3 Å². The van der Waals surface area contributed by atoms with Crippen LogP contribution in [0.2, 0.25) is 0 Å². The molecule has 0 aliphatic heterocycles. The SMILES string of the molecule is COc1ccc(B(O)O)c2cn[nH]c12. The number of benzene rings is 1. The van der Waals surface area contributed by atoms with Gasteiger partial charge in [-0.05, 0) is 11.5 Å². The molecule has 1 heterocycles. The van der Waals surface area contributed by atoms with Crippen LogP contribution in [0, 0.1) is 0 Å². The van der Waals surface area contributed by atoms with E-state index in [-0.39, 0.29) is 0 Å². The molecule has 0 bridgehead atoms. The molecular formula is C8H9BN2O3. The van der Waals surface area contributed by atoms with Gasteiger partial charge >= 0.3 is 7.12 Å². The van der Waals surface area contributed by atoms with E-state index in [2.05, 4.69) is 10.2 Å². The second kappa shape index (κ2) is 3.32. The topological polar surface area (TPSA) is 78.4 Å². The van der Waals surface area contributed by atoms with E-state index in [0.717, 1.165) is 0 Å². The van der Waals surface area contributed by atoms with Crippen molar-refractivity contribution in [2.24, 2.45) is 0 Å². The lowest BCUT2D eigenvalue weighted by atomic mass is 9.78. The van der Waals surface area contributed by atoms with Crippen molar-refractivity contribution < 1.29 is 14.8 Å². The maximum absolute atomic E-state index is 9.08. The third-order valence-corrected chi connectivity index (χ3v) is 2.11. The lowest BCUT2D eigenvalue weighted by molar-refractivity contribution is 0.418. The van der Waals surface area contributed by atoms with Crippen molar-refractivity contribution in [2.75, 3.05) is 7.11 Å². The Morgan fingerprint density at radius 1 is 1.43 bits per heavy atom. The van der Waals surface area contributed by atoms with E-state index < -0.39 is 7.12 Å². The third kappa shape index (κ3) is 1.25. The van der Waals surface area contributed by atoms with Gasteiger partial charge in [-0.1, -0.05) is 6.07 Å². The van der Waals surface area contributed by atoms with Crippen molar-refractivity contribution in [1.29, 1.82) is 0 Å². The maximum Gasteiger partial charge on any atom is 0.489 e. The molecule has 72 valence electrons. The summed E-state index contributed by atoms with van der Waals surface area (Å²) in [6.07, 6.45) is 1.53. The van der Waals surface area contributed by atoms with Crippen LogP contribution < -0.4 is 10.2 Å². The molecule has 3 N–H and O–H groups in total. The smallest absolute Gasteiger partial charge is 0.489 e. The van der Waals surface area contributed by atoms with Gasteiger partial charge in [-0.2, -0.15) is 5.10 Å². The zero-order valence-corrected chi connectivity index (χ0v) is 7.56. The highest BCUT2D eigenvalue weighted by Gasteiger charge is 2.17. The normalized spacial score (nSPS) is 10.5. The van der Waals surface area contributed by atoms with E-state index in [0.29, 0.717) is 22.1 Å². The number of methoxy groups -OCH3 is 1. The summed E-state index contributed by atoms with van der Waals surface area (Å²) in [5, 5.41) is 25.4. The van der Waals surface area contributed by atoms with Crippen LogP contribution in [-0.2, 0) is 0 Å². The van der Waals surface area contributed by atoms with Crippen LogP contribution in [0.5, 0.6) is 5.75 Å². The Bertz CT molecular complexity index is 455. The fourth-order valence-corrected chi connectivity index (χ4v) is 1.43. The molecule has 0 atom stereocenters. The molecule has 2 rings (SSSR count). The second-order valence-corrected chi connectivity index (χ2v) is 2.89. The maximum atomic E-state index is 9.08. The first-order valence-corrected chi connectivity index (χ1v) is 4.10. The van der Waals surface area contributed by atoms with Crippen LogP contribution in [0.1, 0.15) is 0 Å². The molecule has 0 amide bonds. The average molecular weight is 192 g/mol. The van der Waals surface area contributed by atoms with Gasteiger partial charge in [0.15, 0.2) is 0 Å².